The quantitative estimate of drug-likeness (QED) is 0.744. The second-order valence-electron chi connectivity index (χ2n) is 5.68. The smallest absolute Gasteiger partial charge is 0.254 e. The maximum absolute atomic E-state index is 12.4. The van der Waals surface area contributed by atoms with E-state index in [1.165, 1.54) is 6.42 Å². The number of nitrogens with zero attached hydrogens (tertiary/aromatic N) is 2. The molecule has 1 aliphatic rings. The van der Waals surface area contributed by atoms with Crippen LogP contribution in [0.5, 0.6) is 0 Å². The fourth-order valence-corrected chi connectivity index (χ4v) is 2.71. The van der Waals surface area contributed by atoms with Gasteiger partial charge < -0.3 is 4.90 Å². The second kappa shape index (κ2) is 5.39. The fourth-order valence-electron chi connectivity index (χ4n) is 2.34. The molecule has 18 heavy (non-hydrogen) atoms. The predicted octanol–water partition coefficient (Wildman–Crippen LogP) is 3.50. The molecule has 0 saturated carbocycles. The van der Waals surface area contributed by atoms with Crippen molar-refractivity contribution in [3.05, 3.63) is 28.5 Å². The molecule has 0 aliphatic carbocycles. The highest BCUT2D eigenvalue weighted by Crippen LogP contribution is 2.30. The Bertz CT molecular complexity index is 445. The van der Waals surface area contributed by atoms with Gasteiger partial charge in [-0.25, -0.2) is 4.98 Å². The van der Waals surface area contributed by atoms with Gasteiger partial charge in [0.05, 0.1) is 0 Å². The Morgan fingerprint density at radius 2 is 2.17 bits per heavy atom. The van der Waals surface area contributed by atoms with Gasteiger partial charge in [0.25, 0.3) is 5.91 Å². The van der Waals surface area contributed by atoms with E-state index in [9.17, 15) is 4.79 Å². The molecule has 0 aromatic carbocycles. The zero-order valence-electron chi connectivity index (χ0n) is 10.9. The molecule has 1 amide bonds. The molecule has 0 unspecified atom stereocenters. The molecule has 1 aliphatic heterocycles. The number of carbonyl (C=O) groups excluding carboxylic acids is 1. The molecule has 0 N–H and O–H groups in total. The normalized spacial score (nSPS) is 19.4. The molecule has 1 fully saturated rings. The van der Waals surface area contributed by atoms with Gasteiger partial charge in [0.15, 0.2) is 0 Å². The van der Waals surface area contributed by atoms with Crippen molar-refractivity contribution in [3.63, 3.8) is 0 Å². The average molecular weight is 311 g/mol. The summed E-state index contributed by atoms with van der Waals surface area (Å²) in [4.78, 5) is 18.4. The summed E-state index contributed by atoms with van der Waals surface area (Å²) >= 11 is 3.31. The lowest BCUT2D eigenvalue weighted by Gasteiger charge is -2.23. The van der Waals surface area contributed by atoms with E-state index in [0.717, 1.165) is 31.5 Å². The monoisotopic (exact) mass is 310 g/mol. The highest BCUT2D eigenvalue weighted by molar-refractivity contribution is 9.10. The van der Waals surface area contributed by atoms with Crippen LogP contribution in [0.3, 0.4) is 0 Å². The summed E-state index contributed by atoms with van der Waals surface area (Å²) in [6.07, 6.45) is 5.02. The summed E-state index contributed by atoms with van der Waals surface area (Å²) in [7, 11) is 0. The van der Waals surface area contributed by atoms with Crippen LogP contribution in [0, 0.1) is 5.41 Å². The molecule has 2 heterocycles. The maximum Gasteiger partial charge on any atom is 0.254 e. The number of hydrogen-bond acceptors (Lipinski definition) is 2. The first-order chi connectivity index (χ1) is 8.48. The molecule has 2 rings (SSSR count). The third-order valence-corrected chi connectivity index (χ3v) is 4.03. The van der Waals surface area contributed by atoms with Gasteiger partial charge in [-0.3, -0.25) is 4.79 Å². The van der Waals surface area contributed by atoms with Gasteiger partial charge in [-0.1, -0.05) is 13.8 Å². The van der Waals surface area contributed by atoms with Crippen molar-refractivity contribution in [2.24, 2.45) is 5.41 Å². The molecule has 0 bridgehead atoms. The Kier molecular flexibility index (Phi) is 4.05. The van der Waals surface area contributed by atoms with Crippen molar-refractivity contribution < 1.29 is 4.79 Å². The average Bonchev–Trinajstić information content (AvgIpc) is 2.49. The fraction of sp³-hybridized carbons (Fsp3) is 0.571. The SMILES string of the molecule is CC1(C)CCCN(C(=O)c2ccnc(Br)c2)CC1. The lowest BCUT2D eigenvalue weighted by atomic mass is 9.85. The van der Waals surface area contributed by atoms with E-state index in [1.807, 2.05) is 4.90 Å². The van der Waals surface area contributed by atoms with Gasteiger partial charge in [-0.2, -0.15) is 0 Å². The van der Waals surface area contributed by atoms with E-state index < -0.39 is 0 Å². The lowest BCUT2D eigenvalue weighted by molar-refractivity contribution is 0.0757. The first kappa shape index (κ1) is 13.5. The maximum atomic E-state index is 12.4. The molecule has 4 heteroatoms. The molecular formula is C14H19BrN2O. The summed E-state index contributed by atoms with van der Waals surface area (Å²) < 4.78 is 0.712. The van der Waals surface area contributed by atoms with E-state index in [-0.39, 0.29) is 5.91 Å². The summed E-state index contributed by atoms with van der Waals surface area (Å²) in [6.45, 7) is 6.28. The molecule has 0 radical (unpaired) electrons. The molecule has 1 saturated heterocycles. The number of halogens is 1. The third kappa shape index (κ3) is 3.31. The van der Waals surface area contributed by atoms with Gasteiger partial charge >= 0.3 is 0 Å². The Morgan fingerprint density at radius 1 is 1.39 bits per heavy atom. The summed E-state index contributed by atoms with van der Waals surface area (Å²) in [5, 5.41) is 0. The van der Waals surface area contributed by atoms with Crippen LogP contribution >= 0.6 is 15.9 Å². The van der Waals surface area contributed by atoms with Gasteiger partial charge in [0.2, 0.25) is 0 Å². The number of amides is 1. The summed E-state index contributed by atoms with van der Waals surface area (Å²) in [6, 6.07) is 3.57. The van der Waals surface area contributed by atoms with Crippen LogP contribution in [0.2, 0.25) is 0 Å². The Labute approximate surface area is 117 Å². The molecule has 1 aromatic rings. The van der Waals surface area contributed by atoms with Gasteiger partial charge in [0, 0.05) is 24.8 Å². The lowest BCUT2D eigenvalue weighted by Crippen LogP contribution is -2.32. The number of hydrogen-bond donors (Lipinski definition) is 0. The van der Waals surface area contributed by atoms with Crippen LogP contribution in [0.15, 0.2) is 22.9 Å². The first-order valence-corrected chi connectivity index (χ1v) is 7.18. The van der Waals surface area contributed by atoms with E-state index >= 15 is 0 Å². The number of aromatic nitrogens is 1. The third-order valence-electron chi connectivity index (χ3n) is 3.60. The van der Waals surface area contributed by atoms with Crippen molar-refractivity contribution in [1.29, 1.82) is 0 Å². The van der Waals surface area contributed by atoms with E-state index in [4.69, 9.17) is 0 Å². The molecule has 98 valence electrons. The van der Waals surface area contributed by atoms with Crippen molar-refractivity contribution >= 4 is 21.8 Å². The van der Waals surface area contributed by atoms with Crippen molar-refractivity contribution in [2.45, 2.75) is 33.1 Å². The Morgan fingerprint density at radius 3 is 2.89 bits per heavy atom. The topological polar surface area (TPSA) is 33.2 Å². The van der Waals surface area contributed by atoms with E-state index in [2.05, 4.69) is 34.8 Å². The minimum absolute atomic E-state index is 0.121. The summed E-state index contributed by atoms with van der Waals surface area (Å²) in [5.74, 6) is 0.121. The number of likely N-dealkylation sites (tertiary alicyclic amines) is 1. The van der Waals surface area contributed by atoms with Gasteiger partial charge in [-0.15, -0.1) is 0 Å². The number of rotatable bonds is 1. The number of carbonyl (C=O) groups is 1. The van der Waals surface area contributed by atoms with Crippen molar-refractivity contribution in [2.75, 3.05) is 13.1 Å². The minimum Gasteiger partial charge on any atom is -0.339 e. The molecule has 0 spiro atoms. The largest absolute Gasteiger partial charge is 0.339 e. The van der Waals surface area contributed by atoms with Crippen molar-refractivity contribution in [1.82, 2.24) is 9.88 Å². The summed E-state index contributed by atoms with van der Waals surface area (Å²) in [5.41, 5.74) is 1.07. The molecule has 3 nitrogen and oxygen atoms in total. The minimum atomic E-state index is 0.121. The highest BCUT2D eigenvalue weighted by Gasteiger charge is 2.25. The zero-order valence-corrected chi connectivity index (χ0v) is 12.5. The van der Waals surface area contributed by atoms with Crippen LogP contribution in [0.4, 0.5) is 0 Å². The first-order valence-electron chi connectivity index (χ1n) is 6.39. The molecule has 0 atom stereocenters. The molecular weight excluding hydrogens is 292 g/mol. The van der Waals surface area contributed by atoms with E-state index in [0.29, 0.717) is 10.0 Å². The van der Waals surface area contributed by atoms with Crippen LogP contribution in [0.1, 0.15) is 43.5 Å². The Balaban J connectivity index is 2.10. The van der Waals surface area contributed by atoms with Crippen LogP contribution < -0.4 is 0 Å². The standard InChI is InChI=1S/C14H19BrN2O/c1-14(2)5-3-8-17(9-6-14)13(18)11-4-7-16-12(15)10-11/h4,7,10H,3,5-6,8-9H2,1-2H3. The Hall–Kier alpha value is -0.900. The highest BCUT2D eigenvalue weighted by atomic mass is 79.9. The van der Waals surface area contributed by atoms with Crippen molar-refractivity contribution in [3.8, 4) is 0 Å². The van der Waals surface area contributed by atoms with Crippen LogP contribution in [0.25, 0.3) is 0 Å². The van der Waals surface area contributed by atoms with Gasteiger partial charge in [0.1, 0.15) is 4.60 Å². The van der Waals surface area contributed by atoms with Gasteiger partial charge in [-0.05, 0) is 52.7 Å². The second-order valence-corrected chi connectivity index (χ2v) is 6.49. The van der Waals surface area contributed by atoms with Crippen LogP contribution in [-0.2, 0) is 0 Å². The zero-order chi connectivity index (χ0) is 13.2. The van der Waals surface area contributed by atoms with Crippen LogP contribution in [-0.4, -0.2) is 28.9 Å². The number of pyridine rings is 1. The predicted molar refractivity (Wildman–Crippen MR) is 75.5 cm³/mol. The molecule has 1 aromatic heterocycles. The van der Waals surface area contributed by atoms with E-state index in [1.54, 1.807) is 18.3 Å².